The van der Waals surface area contributed by atoms with Crippen molar-refractivity contribution in [2.45, 2.75) is 25.2 Å². The number of benzene rings is 1. The van der Waals surface area contributed by atoms with Crippen LogP contribution in [0.3, 0.4) is 0 Å². The number of nitrogens with zero attached hydrogens (tertiary/aromatic N) is 1. The Morgan fingerprint density at radius 2 is 1.95 bits per heavy atom. The topological polar surface area (TPSA) is 63.7 Å². The standard InChI is InChI=1S/C13H18FNO4S/c1-3-9-15(10-13(16)19-4-2)20(17,18)12-8-6-5-7-11(12)14/h5-8H,3-4,9-10H2,1-2H3. The van der Waals surface area contributed by atoms with Crippen molar-refractivity contribution in [1.29, 1.82) is 0 Å². The molecule has 112 valence electrons. The molecule has 0 saturated heterocycles. The molecule has 0 saturated carbocycles. The minimum Gasteiger partial charge on any atom is -0.465 e. The Hall–Kier alpha value is -1.47. The van der Waals surface area contributed by atoms with Crippen molar-refractivity contribution >= 4 is 16.0 Å². The van der Waals surface area contributed by atoms with Crippen LogP contribution < -0.4 is 0 Å². The first kappa shape index (κ1) is 16.6. The van der Waals surface area contributed by atoms with E-state index in [4.69, 9.17) is 4.74 Å². The first-order valence-electron chi connectivity index (χ1n) is 6.33. The van der Waals surface area contributed by atoms with E-state index in [1.807, 2.05) is 0 Å². The summed E-state index contributed by atoms with van der Waals surface area (Å²) < 4.78 is 44.0. The van der Waals surface area contributed by atoms with Crippen molar-refractivity contribution in [3.8, 4) is 0 Å². The number of halogens is 1. The number of esters is 1. The number of ether oxygens (including phenoxy) is 1. The average Bonchev–Trinajstić information content (AvgIpc) is 2.38. The lowest BCUT2D eigenvalue weighted by molar-refractivity contribution is -0.143. The Kier molecular flexibility index (Phi) is 6.09. The van der Waals surface area contributed by atoms with Crippen molar-refractivity contribution in [1.82, 2.24) is 4.31 Å². The minimum absolute atomic E-state index is 0.121. The second-order valence-electron chi connectivity index (χ2n) is 4.07. The molecule has 0 radical (unpaired) electrons. The van der Waals surface area contributed by atoms with Crippen LogP contribution in [0.5, 0.6) is 0 Å². The van der Waals surface area contributed by atoms with Gasteiger partial charge >= 0.3 is 5.97 Å². The molecule has 0 aromatic heterocycles. The molecule has 0 atom stereocenters. The fourth-order valence-electron chi connectivity index (χ4n) is 1.68. The van der Waals surface area contributed by atoms with Gasteiger partial charge < -0.3 is 4.74 Å². The molecule has 0 aliphatic heterocycles. The Balaban J connectivity index is 3.06. The molecule has 1 aromatic carbocycles. The highest BCUT2D eigenvalue weighted by Crippen LogP contribution is 2.19. The first-order chi connectivity index (χ1) is 9.43. The van der Waals surface area contributed by atoms with Gasteiger partial charge in [-0.3, -0.25) is 4.79 Å². The van der Waals surface area contributed by atoms with Crippen molar-refractivity contribution < 1.29 is 22.3 Å². The predicted octanol–water partition coefficient (Wildman–Crippen LogP) is 1.79. The lowest BCUT2D eigenvalue weighted by atomic mass is 10.3. The molecule has 0 bridgehead atoms. The highest BCUT2D eigenvalue weighted by molar-refractivity contribution is 7.89. The van der Waals surface area contributed by atoms with Gasteiger partial charge in [0.2, 0.25) is 10.0 Å². The van der Waals surface area contributed by atoms with E-state index >= 15 is 0 Å². The zero-order valence-electron chi connectivity index (χ0n) is 11.5. The van der Waals surface area contributed by atoms with Crippen LogP contribution in [-0.2, 0) is 19.6 Å². The highest BCUT2D eigenvalue weighted by Gasteiger charge is 2.28. The van der Waals surface area contributed by atoms with E-state index in [0.717, 1.165) is 10.4 Å². The van der Waals surface area contributed by atoms with Crippen LogP contribution in [0, 0.1) is 5.82 Å². The summed E-state index contributed by atoms with van der Waals surface area (Å²) in [5.41, 5.74) is 0. The van der Waals surface area contributed by atoms with E-state index in [9.17, 15) is 17.6 Å². The quantitative estimate of drug-likeness (QED) is 0.720. The molecule has 1 aromatic rings. The lowest BCUT2D eigenvalue weighted by Crippen LogP contribution is -2.37. The first-order valence-corrected chi connectivity index (χ1v) is 7.77. The third kappa shape index (κ3) is 4.01. The third-order valence-electron chi connectivity index (χ3n) is 2.54. The maximum atomic E-state index is 13.6. The molecular formula is C13H18FNO4S. The number of rotatable bonds is 7. The van der Waals surface area contributed by atoms with Gasteiger partial charge in [0.05, 0.1) is 6.61 Å². The normalized spacial score (nSPS) is 11.6. The number of hydrogen-bond donors (Lipinski definition) is 0. The second-order valence-corrected chi connectivity index (χ2v) is 5.98. The number of hydrogen-bond acceptors (Lipinski definition) is 4. The summed E-state index contributed by atoms with van der Waals surface area (Å²) >= 11 is 0. The Bertz CT molecular complexity index is 559. The molecule has 5 nitrogen and oxygen atoms in total. The van der Waals surface area contributed by atoms with E-state index in [0.29, 0.717) is 6.42 Å². The van der Waals surface area contributed by atoms with Crippen LogP contribution in [0.15, 0.2) is 29.2 Å². The lowest BCUT2D eigenvalue weighted by Gasteiger charge is -2.20. The Morgan fingerprint density at radius 1 is 1.30 bits per heavy atom. The van der Waals surface area contributed by atoms with Gasteiger partial charge in [0.1, 0.15) is 17.3 Å². The Morgan fingerprint density at radius 3 is 2.50 bits per heavy atom. The monoisotopic (exact) mass is 303 g/mol. The second kappa shape index (κ2) is 7.35. The smallest absolute Gasteiger partial charge is 0.321 e. The molecule has 0 heterocycles. The minimum atomic E-state index is -4.05. The number of carbonyl (C=O) groups excluding carboxylic acids is 1. The fraction of sp³-hybridized carbons (Fsp3) is 0.462. The molecule has 7 heteroatoms. The summed E-state index contributed by atoms with van der Waals surface area (Å²) in [6, 6.07) is 5.09. The molecule has 0 aliphatic carbocycles. The summed E-state index contributed by atoms with van der Waals surface area (Å²) in [7, 11) is -4.05. The van der Waals surface area contributed by atoms with Crippen LogP contribution >= 0.6 is 0 Å². The van der Waals surface area contributed by atoms with Crippen LogP contribution in [0.2, 0.25) is 0 Å². The maximum absolute atomic E-state index is 13.6. The molecule has 0 unspecified atom stereocenters. The molecule has 1 rings (SSSR count). The average molecular weight is 303 g/mol. The van der Waals surface area contributed by atoms with E-state index in [1.165, 1.54) is 18.2 Å². The van der Waals surface area contributed by atoms with E-state index in [1.54, 1.807) is 13.8 Å². The Labute approximate surface area is 118 Å². The summed E-state index contributed by atoms with van der Waals surface area (Å²) in [6.45, 7) is 3.27. The van der Waals surface area contributed by atoms with E-state index in [2.05, 4.69) is 0 Å². The van der Waals surface area contributed by atoms with Gasteiger partial charge in [0, 0.05) is 6.54 Å². The van der Waals surface area contributed by atoms with Crippen molar-refractivity contribution in [2.24, 2.45) is 0 Å². The van der Waals surface area contributed by atoms with Gasteiger partial charge in [0.25, 0.3) is 0 Å². The number of sulfonamides is 1. The van der Waals surface area contributed by atoms with Crippen molar-refractivity contribution in [3.05, 3.63) is 30.1 Å². The molecule has 0 aliphatic rings. The van der Waals surface area contributed by atoms with Gasteiger partial charge in [-0.2, -0.15) is 4.31 Å². The van der Waals surface area contributed by atoms with Gasteiger partial charge in [-0.05, 0) is 25.5 Å². The summed E-state index contributed by atoms with van der Waals surface area (Å²) in [5.74, 6) is -1.49. The third-order valence-corrected chi connectivity index (χ3v) is 4.42. The van der Waals surface area contributed by atoms with E-state index < -0.39 is 33.3 Å². The fourth-order valence-corrected chi connectivity index (χ4v) is 3.22. The van der Waals surface area contributed by atoms with Crippen LogP contribution in [0.4, 0.5) is 4.39 Å². The zero-order valence-corrected chi connectivity index (χ0v) is 12.3. The van der Waals surface area contributed by atoms with E-state index in [-0.39, 0.29) is 13.2 Å². The molecule has 0 spiro atoms. The van der Waals surface area contributed by atoms with Gasteiger partial charge in [-0.1, -0.05) is 19.1 Å². The maximum Gasteiger partial charge on any atom is 0.321 e. The van der Waals surface area contributed by atoms with Gasteiger partial charge in [0.15, 0.2) is 0 Å². The molecule has 20 heavy (non-hydrogen) atoms. The van der Waals surface area contributed by atoms with Gasteiger partial charge in [-0.25, -0.2) is 12.8 Å². The summed E-state index contributed by atoms with van der Waals surface area (Å²) in [6.07, 6.45) is 0.507. The largest absolute Gasteiger partial charge is 0.465 e. The van der Waals surface area contributed by atoms with Crippen LogP contribution in [0.25, 0.3) is 0 Å². The van der Waals surface area contributed by atoms with Crippen molar-refractivity contribution in [2.75, 3.05) is 19.7 Å². The summed E-state index contributed by atoms with van der Waals surface area (Å²) in [5, 5.41) is 0. The molecule has 0 amide bonds. The molecular weight excluding hydrogens is 285 g/mol. The predicted molar refractivity (Wildman–Crippen MR) is 72.1 cm³/mol. The molecule has 0 N–H and O–H groups in total. The molecule has 0 fully saturated rings. The van der Waals surface area contributed by atoms with Crippen LogP contribution in [-0.4, -0.2) is 38.4 Å². The summed E-state index contributed by atoms with van der Waals surface area (Å²) in [4.78, 5) is 11.0. The van der Waals surface area contributed by atoms with Gasteiger partial charge in [-0.15, -0.1) is 0 Å². The van der Waals surface area contributed by atoms with Crippen LogP contribution in [0.1, 0.15) is 20.3 Å². The highest BCUT2D eigenvalue weighted by atomic mass is 32.2. The number of carbonyl (C=O) groups is 1. The SMILES string of the molecule is CCCN(CC(=O)OCC)S(=O)(=O)c1ccccc1F. The van der Waals surface area contributed by atoms with Crippen molar-refractivity contribution in [3.63, 3.8) is 0 Å². The zero-order chi connectivity index (χ0) is 15.2.